The van der Waals surface area contributed by atoms with Crippen LogP contribution in [0.2, 0.25) is 0 Å². The molecule has 2 aliphatic heterocycles. The summed E-state index contributed by atoms with van der Waals surface area (Å²) in [6, 6.07) is 27.8. The predicted molar refractivity (Wildman–Crippen MR) is 205 cm³/mol. The lowest BCUT2D eigenvalue weighted by Crippen LogP contribution is -2.12. The second-order valence-corrected chi connectivity index (χ2v) is 13.1. The van der Waals surface area contributed by atoms with Gasteiger partial charge in [0.25, 0.3) is 0 Å². The van der Waals surface area contributed by atoms with Crippen LogP contribution in [0.15, 0.2) is 97.1 Å². The highest BCUT2D eigenvalue weighted by molar-refractivity contribution is 5.87. The van der Waals surface area contributed by atoms with E-state index in [2.05, 4.69) is 74.4 Å². The molecule has 0 fully saturated rings. The molecule has 0 atom stereocenters. The molecule has 8 nitrogen and oxygen atoms in total. The SMILES string of the molecule is CN(C)CC/C=C1/c2ccccc2COc2ccc(CC(=O)O)cc21.CN(C)CC/C=C1/c2ccccc2COc2ccc(CC(=O)O)cc21.Cl. The van der Waals surface area contributed by atoms with Crippen LogP contribution >= 0.6 is 12.4 Å². The summed E-state index contributed by atoms with van der Waals surface area (Å²) in [7, 11) is 8.23. The molecular weight excluding hydrogens is 664 g/mol. The summed E-state index contributed by atoms with van der Waals surface area (Å²) in [6.07, 6.45) is 6.33. The van der Waals surface area contributed by atoms with Crippen molar-refractivity contribution >= 4 is 35.5 Å². The Morgan fingerprint density at radius 1 is 0.608 bits per heavy atom. The summed E-state index contributed by atoms with van der Waals surface area (Å²) in [6.45, 7) is 2.95. The molecule has 0 saturated heterocycles. The van der Waals surface area contributed by atoms with Crippen molar-refractivity contribution in [3.05, 3.63) is 142 Å². The van der Waals surface area contributed by atoms with Gasteiger partial charge in [-0.15, -0.1) is 12.4 Å². The average Bonchev–Trinajstić information content (AvgIpc) is 3.32. The second kappa shape index (κ2) is 18.4. The predicted octanol–water partition coefficient (Wildman–Crippen LogP) is 7.60. The van der Waals surface area contributed by atoms with Crippen LogP contribution in [0, 0.1) is 0 Å². The zero-order valence-corrected chi connectivity index (χ0v) is 30.5. The molecule has 0 unspecified atom stereocenters. The molecule has 51 heavy (non-hydrogen) atoms. The van der Waals surface area contributed by atoms with Crippen LogP contribution in [-0.4, -0.2) is 73.2 Å². The van der Waals surface area contributed by atoms with E-state index >= 15 is 0 Å². The molecule has 6 rings (SSSR count). The smallest absolute Gasteiger partial charge is 0.307 e. The van der Waals surface area contributed by atoms with Crippen molar-refractivity contribution in [2.75, 3.05) is 41.3 Å². The Hall–Kier alpha value is -4.89. The summed E-state index contributed by atoms with van der Waals surface area (Å²) in [5.74, 6) is -0.0380. The van der Waals surface area contributed by atoms with E-state index in [0.29, 0.717) is 13.2 Å². The Balaban J connectivity index is 0.000000224. The van der Waals surface area contributed by atoms with Crippen LogP contribution in [0.25, 0.3) is 11.1 Å². The van der Waals surface area contributed by atoms with Crippen LogP contribution in [-0.2, 0) is 35.6 Å². The van der Waals surface area contributed by atoms with Crippen molar-refractivity contribution in [1.29, 1.82) is 0 Å². The molecule has 9 heteroatoms. The second-order valence-electron chi connectivity index (χ2n) is 13.1. The van der Waals surface area contributed by atoms with Gasteiger partial charge in [-0.3, -0.25) is 9.59 Å². The Labute approximate surface area is 307 Å². The highest BCUT2D eigenvalue weighted by Gasteiger charge is 2.21. The number of hydrogen-bond donors (Lipinski definition) is 2. The van der Waals surface area contributed by atoms with Crippen molar-refractivity contribution in [2.45, 2.75) is 38.9 Å². The number of carbonyl (C=O) groups is 2. The van der Waals surface area contributed by atoms with Crippen LogP contribution < -0.4 is 9.47 Å². The molecule has 4 aromatic rings. The lowest BCUT2D eigenvalue weighted by atomic mass is 9.92. The van der Waals surface area contributed by atoms with Gasteiger partial charge in [-0.2, -0.15) is 0 Å². The molecule has 4 aromatic carbocycles. The molecule has 0 aliphatic carbocycles. The largest absolute Gasteiger partial charge is 0.488 e. The topological polar surface area (TPSA) is 99.5 Å². The molecular formula is C42H47ClN2O6. The summed E-state index contributed by atoms with van der Waals surface area (Å²) in [5.41, 5.74) is 10.4. The molecule has 0 spiro atoms. The van der Waals surface area contributed by atoms with Gasteiger partial charge in [0.1, 0.15) is 24.7 Å². The molecule has 2 heterocycles. The van der Waals surface area contributed by atoms with E-state index in [0.717, 1.165) is 93.1 Å². The summed E-state index contributed by atoms with van der Waals surface area (Å²) >= 11 is 0. The molecule has 0 radical (unpaired) electrons. The van der Waals surface area contributed by atoms with Gasteiger partial charge in [0.2, 0.25) is 0 Å². The molecule has 0 amide bonds. The number of benzene rings is 4. The first kappa shape index (κ1) is 38.9. The maximum absolute atomic E-state index is 11.1. The average molecular weight is 711 g/mol. The van der Waals surface area contributed by atoms with Crippen molar-refractivity contribution in [2.24, 2.45) is 0 Å². The molecule has 2 N–H and O–H groups in total. The molecule has 2 aliphatic rings. The fraction of sp³-hybridized carbons (Fsp3) is 0.286. The summed E-state index contributed by atoms with van der Waals surface area (Å²) in [5, 5.41) is 18.2. The number of aliphatic carboxylic acids is 2. The van der Waals surface area contributed by atoms with Gasteiger partial charge in [-0.1, -0.05) is 72.8 Å². The zero-order chi connectivity index (χ0) is 35.6. The number of ether oxygens (including phenoxy) is 2. The maximum Gasteiger partial charge on any atom is 0.307 e. The van der Waals surface area contributed by atoms with Gasteiger partial charge in [-0.25, -0.2) is 0 Å². The monoisotopic (exact) mass is 710 g/mol. The molecule has 0 aromatic heterocycles. The first-order chi connectivity index (χ1) is 24.1. The highest BCUT2D eigenvalue weighted by atomic mass is 35.5. The van der Waals surface area contributed by atoms with Crippen molar-refractivity contribution < 1.29 is 29.3 Å². The van der Waals surface area contributed by atoms with E-state index in [1.807, 2.05) is 60.7 Å². The highest BCUT2D eigenvalue weighted by Crippen LogP contribution is 2.39. The minimum Gasteiger partial charge on any atom is -0.488 e. The molecule has 268 valence electrons. The molecule has 0 bridgehead atoms. The van der Waals surface area contributed by atoms with Crippen LogP contribution in [0.3, 0.4) is 0 Å². The summed E-state index contributed by atoms with van der Waals surface area (Å²) < 4.78 is 12.0. The minimum atomic E-state index is -0.826. The van der Waals surface area contributed by atoms with Crippen LogP contribution in [0.1, 0.15) is 57.3 Å². The number of rotatable bonds is 10. The van der Waals surface area contributed by atoms with E-state index < -0.39 is 11.9 Å². The van der Waals surface area contributed by atoms with E-state index in [9.17, 15) is 9.59 Å². The standard InChI is InChI=1S/2C21H23NO3.ClH/c2*1-22(2)11-5-8-18-17-7-4-3-6-16(17)14-25-20-10-9-15(12-19(18)20)13-21(23)24;/h2*3-4,6-10,12H,5,11,13-14H2,1-2H3,(H,23,24);1H/b2*18-8-;. The quantitative estimate of drug-likeness (QED) is 0.174. The fourth-order valence-electron chi connectivity index (χ4n) is 6.19. The Morgan fingerprint density at radius 2 is 1.00 bits per heavy atom. The van der Waals surface area contributed by atoms with Gasteiger partial charge in [0.15, 0.2) is 0 Å². The molecule has 0 saturated carbocycles. The van der Waals surface area contributed by atoms with Gasteiger partial charge in [0, 0.05) is 24.2 Å². The Morgan fingerprint density at radius 3 is 1.37 bits per heavy atom. The number of fused-ring (bicyclic) bond motifs is 4. The van der Waals surface area contributed by atoms with E-state index in [4.69, 9.17) is 19.7 Å². The number of carboxylic acids is 2. The lowest BCUT2D eigenvalue weighted by molar-refractivity contribution is -0.137. The third kappa shape index (κ3) is 10.6. The van der Waals surface area contributed by atoms with Gasteiger partial charge >= 0.3 is 11.9 Å². The van der Waals surface area contributed by atoms with Crippen molar-refractivity contribution in [1.82, 2.24) is 9.80 Å². The van der Waals surface area contributed by atoms with Crippen LogP contribution in [0.4, 0.5) is 0 Å². The van der Waals surface area contributed by atoms with Crippen LogP contribution in [0.5, 0.6) is 11.5 Å². The fourth-order valence-corrected chi connectivity index (χ4v) is 6.19. The Bertz CT molecular complexity index is 1760. The zero-order valence-electron chi connectivity index (χ0n) is 29.7. The number of carboxylic acid groups (broad SMARTS) is 2. The van der Waals surface area contributed by atoms with Gasteiger partial charge < -0.3 is 29.5 Å². The Kier molecular flexibility index (Phi) is 14.0. The lowest BCUT2D eigenvalue weighted by Gasteiger charge is -2.13. The number of nitrogens with zero attached hydrogens (tertiary/aromatic N) is 2. The number of halogens is 1. The summed E-state index contributed by atoms with van der Waals surface area (Å²) in [4.78, 5) is 26.5. The normalized spacial score (nSPS) is 14.3. The first-order valence-corrected chi connectivity index (χ1v) is 16.9. The van der Waals surface area contributed by atoms with E-state index in [1.54, 1.807) is 0 Å². The third-order valence-electron chi connectivity index (χ3n) is 8.61. The third-order valence-corrected chi connectivity index (χ3v) is 8.61. The van der Waals surface area contributed by atoms with E-state index in [1.165, 1.54) is 0 Å². The maximum atomic E-state index is 11.1. The van der Waals surface area contributed by atoms with Crippen molar-refractivity contribution in [3.8, 4) is 11.5 Å². The van der Waals surface area contributed by atoms with Crippen molar-refractivity contribution in [3.63, 3.8) is 0 Å². The minimum absolute atomic E-state index is 0. The first-order valence-electron chi connectivity index (χ1n) is 16.9. The number of hydrogen-bond acceptors (Lipinski definition) is 6. The van der Waals surface area contributed by atoms with Gasteiger partial charge in [0.05, 0.1) is 12.8 Å². The van der Waals surface area contributed by atoms with Gasteiger partial charge in [-0.05, 0) is 110 Å². The van der Waals surface area contributed by atoms with E-state index in [-0.39, 0.29) is 25.2 Å².